The molecule has 2 fully saturated rings. The highest BCUT2D eigenvalue weighted by atomic mass is 32.1. The summed E-state index contributed by atoms with van der Waals surface area (Å²) in [6, 6.07) is 0. The van der Waals surface area contributed by atoms with E-state index in [1.54, 1.807) is 22.7 Å². The summed E-state index contributed by atoms with van der Waals surface area (Å²) >= 11 is 3.23. The zero-order chi connectivity index (χ0) is 19.0. The van der Waals surface area contributed by atoms with Crippen LogP contribution in [0.15, 0.2) is 0 Å². The van der Waals surface area contributed by atoms with E-state index in [1.165, 1.54) is 0 Å². The molecule has 2 aliphatic rings. The Balaban J connectivity index is 1.25. The molecule has 0 bridgehead atoms. The number of nitrogens with two attached hydrogens (primary N) is 2. The van der Waals surface area contributed by atoms with Crippen molar-refractivity contribution in [2.24, 2.45) is 16.9 Å². The smallest absolute Gasteiger partial charge is 0.217 e. The standard InChI is InChI=1S/C17H22N6O2S2/c18-11(24)1-3-13-20-22-15(26-13)9-5-17(6-9)7-10(8-17)16-23-21-14(27-16)4-2-12(19)25/h9-10H,1-8H2,(H2,18,24)(H2,19,25). The molecule has 2 aromatic rings. The van der Waals surface area contributed by atoms with E-state index >= 15 is 0 Å². The van der Waals surface area contributed by atoms with E-state index in [4.69, 9.17) is 11.5 Å². The van der Waals surface area contributed by atoms with Crippen LogP contribution in [0.25, 0.3) is 0 Å². The largest absolute Gasteiger partial charge is 0.370 e. The number of aromatic nitrogens is 4. The molecular weight excluding hydrogens is 384 g/mol. The second-order valence-electron chi connectivity index (χ2n) is 7.71. The van der Waals surface area contributed by atoms with Crippen molar-refractivity contribution in [1.29, 1.82) is 0 Å². The van der Waals surface area contributed by atoms with Gasteiger partial charge in [-0.3, -0.25) is 9.59 Å². The lowest BCUT2D eigenvalue weighted by Gasteiger charge is -2.56. The van der Waals surface area contributed by atoms with E-state index in [0.717, 1.165) is 45.7 Å². The van der Waals surface area contributed by atoms with Crippen molar-refractivity contribution in [2.75, 3.05) is 0 Å². The summed E-state index contributed by atoms with van der Waals surface area (Å²) in [6.07, 6.45) is 6.44. The van der Waals surface area contributed by atoms with Gasteiger partial charge in [-0.15, -0.1) is 43.1 Å². The lowest BCUT2D eigenvalue weighted by Crippen LogP contribution is -2.45. The molecule has 2 aromatic heterocycles. The molecule has 2 saturated carbocycles. The third kappa shape index (κ3) is 4.01. The van der Waals surface area contributed by atoms with Crippen LogP contribution in [0.5, 0.6) is 0 Å². The van der Waals surface area contributed by atoms with Crippen molar-refractivity contribution in [2.45, 2.75) is 63.2 Å². The van der Waals surface area contributed by atoms with E-state index in [-0.39, 0.29) is 11.8 Å². The molecule has 144 valence electrons. The minimum Gasteiger partial charge on any atom is -0.370 e. The summed E-state index contributed by atoms with van der Waals surface area (Å²) in [5.41, 5.74) is 10.8. The summed E-state index contributed by atoms with van der Waals surface area (Å²) in [5.74, 6) is 0.381. The van der Waals surface area contributed by atoms with Crippen LogP contribution in [0.3, 0.4) is 0 Å². The molecule has 0 saturated heterocycles. The zero-order valence-corrected chi connectivity index (χ0v) is 16.5. The first kappa shape index (κ1) is 18.4. The molecule has 10 heteroatoms. The fraction of sp³-hybridized carbons (Fsp3) is 0.647. The van der Waals surface area contributed by atoms with Gasteiger partial charge in [-0.1, -0.05) is 0 Å². The minimum atomic E-state index is -0.302. The molecule has 0 unspecified atom stereocenters. The van der Waals surface area contributed by atoms with Gasteiger partial charge in [0.25, 0.3) is 0 Å². The maximum absolute atomic E-state index is 10.9. The van der Waals surface area contributed by atoms with Crippen molar-refractivity contribution >= 4 is 34.5 Å². The van der Waals surface area contributed by atoms with Crippen molar-refractivity contribution in [3.63, 3.8) is 0 Å². The molecule has 4 N–H and O–H groups in total. The number of aryl methyl sites for hydroxylation is 2. The van der Waals surface area contributed by atoms with E-state index in [2.05, 4.69) is 20.4 Å². The van der Waals surface area contributed by atoms with Crippen LogP contribution < -0.4 is 11.5 Å². The predicted molar refractivity (Wildman–Crippen MR) is 101 cm³/mol. The van der Waals surface area contributed by atoms with Gasteiger partial charge in [0, 0.05) is 37.5 Å². The predicted octanol–water partition coefficient (Wildman–Crippen LogP) is 1.67. The maximum atomic E-state index is 10.9. The van der Waals surface area contributed by atoms with Crippen LogP contribution in [0.2, 0.25) is 0 Å². The van der Waals surface area contributed by atoms with Crippen molar-refractivity contribution in [1.82, 2.24) is 20.4 Å². The Labute approximate surface area is 164 Å². The van der Waals surface area contributed by atoms with Gasteiger partial charge in [0.2, 0.25) is 11.8 Å². The number of carbonyl (C=O) groups excluding carboxylic acids is 2. The molecule has 4 rings (SSSR count). The first-order valence-corrected chi connectivity index (χ1v) is 10.8. The van der Waals surface area contributed by atoms with Crippen LogP contribution in [0.1, 0.15) is 70.4 Å². The van der Waals surface area contributed by atoms with Crippen molar-refractivity contribution in [3.05, 3.63) is 20.0 Å². The normalized spacial score (nSPS) is 26.5. The summed E-state index contributed by atoms with van der Waals surface area (Å²) in [5, 5.41) is 21.0. The SMILES string of the molecule is NC(=O)CCc1nnc(C2CC3(C2)CC(c2nnc(CCC(N)=O)s2)C3)s1. The highest BCUT2D eigenvalue weighted by molar-refractivity contribution is 7.11. The molecular formula is C17H22N6O2S2. The minimum absolute atomic E-state index is 0.302. The second-order valence-corrected chi connectivity index (χ2v) is 9.90. The topological polar surface area (TPSA) is 138 Å². The molecule has 0 aliphatic heterocycles. The van der Waals surface area contributed by atoms with Gasteiger partial charge in [0.05, 0.1) is 0 Å². The quantitative estimate of drug-likeness (QED) is 0.684. The fourth-order valence-electron chi connectivity index (χ4n) is 4.18. The van der Waals surface area contributed by atoms with E-state index in [0.29, 0.717) is 42.9 Å². The van der Waals surface area contributed by atoms with Crippen LogP contribution >= 0.6 is 22.7 Å². The number of hydrogen-bond donors (Lipinski definition) is 2. The highest BCUT2D eigenvalue weighted by Gasteiger charge is 2.54. The number of amides is 2. The molecule has 0 radical (unpaired) electrons. The molecule has 2 amide bonds. The molecule has 8 nitrogen and oxygen atoms in total. The van der Waals surface area contributed by atoms with Gasteiger partial charge in [0.1, 0.15) is 20.0 Å². The van der Waals surface area contributed by atoms with Crippen molar-refractivity contribution in [3.8, 4) is 0 Å². The van der Waals surface area contributed by atoms with Gasteiger partial charge in [-0.05, 0) is 31.1 Å². The van der Waals surface area contributed by atoms with Gasteiger partial charge in [0.15, 0.2) is 0 Å². The van der Waals surface area contributed by atoms with Crippen molar-refractivity contribution < 1.29 is 9.59 Å². The summed E-state index contributed by atoms with van der Waals surface area (Å²) < 4.78 is 0. The monoisotopic (exact) mass is 406 g/mol. The van der Waals surface area contributed by atoms with Gasteiger partial charge < -0.3 is 11.5 Å². The molecule has 0 aromatic carbocycles. The van der Waals surface area contributed by atoms with E-state index in [1.807, 2.05) is 0 Å². The van der Waals surface area contributed by atoms with Crippen LogP contribution in [0.4, 0.5) is 0 Å². The zero-order valence-electron chi connectivity index (χ0n) is 14.9. The Kier molecular flexibility index (Phi) is 4.94. The lowest BCUT2D eigenvalue weighted by atomic mass is 9.48. The number of carbonyl (C=O) groups is 2. The summed E-state index contributed by atoms with van der Waals surface area (Å²) in [7, 11) is 0. The van der Waals surface area contributed by atoms with Crippen LogP contribution in [0, 0.1) is 5.41 Å². The Morgan fingerprint density at radius 2 is 1.22 bits per heavy atom. The maximum Gasteiger partial charge on any atom is 0.217 e. The summed E-state index contributed by atoms with van der Waals surface area (Å²) in [4.78, 5) is 21.8. The molecule has 0 atom stereocenters. The number of primary amides is 2. The Morgan fingerprint density at radius 3 is 1.59 bits per heavy atom. The number of nitrogens with zero attached hydrogens (tertiary/aromatic N) is 4. The molecule has 2 heterocycles. The Bertz CT molecular complexity index is 777. The molecule has 27 heavy (non-hydrogen) atoms. The highest BCUT2D eigenvalue weighted by Crippen LogP contribution is 2.66. The third-order valence-electron chi connectivity index (χ3n) is 5.55. The first-order chi connectivity index (χ1) is 12.9. The van der Waals surface area contributed by atoms with Crippen LogP contribution in [-0.4, -0.2) is 32.2 Å². The Morgan fingerprint density at radius 1 is 0.815 bits per heavy atom. The average molecular weight is 407 g/mol. The molecule has 1 spiro atoms. The van der Waals surface area contributed by atoms with Gasteiger partial charge in [-0.2, -0.15) is 0 Å². The fourth-order valence-corrected chi connectivity index (χ4v) is 6.06. The Hall–Kier alpha value is -1.94. The van der Waals surface area contributed by atoms with Crippen LogP contribution in [-0.2, 0) is 22.4 Å². The van der Waals surface area contributed by atoms with Gasteiger partial charge in [-0.25, -0.2) is 0 Å². The number of hydrogen-bond acceptors (Lipinski definition) is 8. The average Bonchev–Trinajstić information content (AvgIpc) is 3.18. The lowest BCUT2D eigenvalue weighted by molar-refractivity contribution is -0.118. The second kappa shape index (κ2) is 7.23. The molecule has 2 aliphatic carbocycles. The first-order valence-electron chi connectivity index (χ1n) is 9.14. The third-order valence-corrected chi connectivity index (χ3v) is 7.84. The summed E-state index contributed by atoms with van der Waals surface area (Å²) in [6.45, 7) is 0. The number of rotatable bonds is 8. The van der Waals surface area contributed by atoms with Gasteiger partial charge >= 0.3 is 0 Å². The van der Waals surface area contributed by atoms with E-state index in [9.17, 15) is 9.59 Å². The van der Waals surface area contributed by atoms with E-state index < -0.39 is 0 Å².